The maximum atomic E-state index is 12.0. The third kappa shape index (κ3) is 5.52. The summed E-state index contributed by atoms with van der Waals surface area (Å²) in [6.07, 6.45) is 14.3. The number of rotatable bonds is 8. The number of nitrogens with zero attached hydrogens (tertiary/aromatic N) is 1. The highest BCUT2D eigenvalue weighted by atomic mass is 16.7. The molecule has 1 aromatic carbocycles. The molecule has 25 heavy (non-hydrogen) atoms. The van der Waals surface area contributed by atoms with Gasteiger partial charge in [0.1, 0.15) is 0 Å². The van der Waals surface area contributed by atoms with Gasteiger partial charge in [0.15, 0.2) is 11.5 Å². The number of likely N-dealkylation sites (tertiary alicyclic amines) is 1. The number of aryl methyl sites for hydroxylation is 1. The van der Waals surface area contributed by atoms with Gasteiger partial charge < -0.3 is 14.4 Å². The zero-order valence-corrected chi connectivity index (χ0v) is 15.0. The van der Waals surface area contributed by atoms with E-state index in [4.69, 9.17) is 9.47 Å². The molecule has 0 spiro atoms. The third-order valence-corrected chi connectivity index (χ3v) is 4.95. The van der Waals surface area contributed by atoms with Gasteiger partial charge in [-0.25, -0.2) is 0 Å². The molecule has 1 saturated heterocycles. The van der Waals surface area contributed by atoms with Crippen molar-refractivity contribution in [2.24, 2.45) is 0 Å². The second-order valence-electron chi connectivity index (χ2n) is 6.93. The highest BCUT2D eigenvalue weighted by Gasteiger charge is 2.14. The van der Waals surface area contributed by atoms with E-state index in [-0.39, 0.29) is 5.91 Å². The van der Waals surface area contributed by atoms with Gasteiger partial charge in [0.25, 0.3) is 0 Å². The lowest BCUT2D eigenvalue weighted by atomic mass is 10.0. The number of ether oxygens (including phenoxy) is 2. The van der Waals surface area contributed by atoms with Crippen molar-refractivity contribution < 1.29 is 14.3 Å². The highest BCUT2D eigenvalue weighted by molar-refractivity contribution is 5.87. The first-order valence-electron chi connectivity index (χ1n) is 9.67. The Balaban J connectivity index is 1.24. The van der Waals surface area contributed by atoms with Gasteiger partial charge in [0.05, 0.1) is 0 Å². The van der Waals surface area contributed by atoms with Crippen LogP contribution in [0.3, 0.4) is 0 Å². The third-order valence-electron chi connectivity index (χ3n) is 4.95. The number of allylic oxidation sites excluding steroid dienone is 1. The van der Waals surface area contributed by atoms with Crippen molar-refractivity contribution in [3.8, 4) is 11.5 Å². The topological polar surface area (TPSA) is 38.8 Å². The Morgan fingerprint density at radius 2 is 1.80 bits per heavy atom. The molecule has 2 aliphatic heterocycles. The summed E-state index contributed by atoms with van der Waals surface area (Å²) < 4.78 is 10.7. The van der Waals surface area contributed by atoms with Gasteiger partial charge in [-0.1, -0.05) is 25.0 Å². The van der Waals surface area contributed by atoms with Crippen molar-refractivity contribution in [2.75, 3.05) is 19.9 Å². The second-order valence-corrected chi connectivity index (χ2v) is 6.93. The van der Waals surface area contributed by atoms with E-state index in [1.54, 1.807) is 6.08 Å². The number of hydrogen-bond acceptors (Lipinski definition) is 3. The zero-order valence-electron chi connectivity index (χ0n) is 15.0. The lowest BCUT2D eigenvalue weighted by Gasteiger charge is -2.25. The summed E-state index contributed by atoms with van der Waals surface area (Å²) >= 11 is 0. The van der Waals surface area contributed by atoms with Crippen LogP contribution in [0.15, 0.2) is 30.4 Å². The Labute approximate surface area is 150 Å². The monoisotopic (exact) mass is 343 g/mol. The normalized spacial score (nSPS) is 16.6. The molecule has 1 amide bonds. The molecular formula is C21H29NO3. The molecule has 0 aliphatic carbocycles. The summed E-state index contributed by atoms with van der Waals surface area (Å²) in [5, 5.41) is 0. The van der Waals surface area contributed by atoms with E-state index in [0.29, 0.717) is 6.79 Å². The Morgan fingerprint density at radius 1 is 1.00 bits per heavy atom. The van der Waals surface area contributed by atoms with Crippen LogP contribution in [0.25, 0.3) is 0 Å². The van der Waals surface area contributed by atoms with Crippen LogP contribution in [0.5, 0.6) is 11.5 Å². The van der Waals surface area contributed by atoms with Gasteiger partial charge in [-0.05, 0) is 68.7 Å². The summed E-state index contributed by atoms with van der Waals surface area (Å²) in [6, 6.07) is 6.22. The van der Waals surface area contributed by atoms with Crippen LogP contribution in [0.2, 0.25) is 0 Å². The average molecular weight is 343 g/mol. The van der Waals surface area contributed by atoms with Crippen LogP contribution in [0.1, 0.15) is 56.9 Å². The number of fused-ring (bicyclic) bond motifs is 1. The van der Waals surface area contributed by atoms with Gasteiger partial charge in [0.2, 0.25) is 12.7 Å². The van der Waals surface area contributed by atoms with Crippen LogP contribution in [-0.2, 0) is 11.2 Å². The van der Waals surface area contributed by atoms with Crippen LogP contribution in [0, 0.1) is 0 Å². The Kier molecular flexibility index (Phi) is 6.78. The molecule has 4 heteroatoms. The quantitative estimate of drug-likeness (QED) is 0.516. The standard InChI is InChI=1S/C21H29NO3/c23-21(22-14-8-5-9-15-22)11-7-4-2-1-3-6-10-18-12-13-19-20(16-18)25-17-24-19/h7,11-13,16H,1-6,8-10,14-15,17H2/b11-7+. The molecule has 136 valence electrons. The Bertz CT molecular complexity index is 591. The van der Waals surface area contributed by atoms with Crippen molar-refractivity contribution in [2.45, 2.75) is 57.8 Å². The first-order valence-corrected chi connectivity index (χ1v) is 9.67. The number of carbonyl (C=O) groups excluding carboxylic acids is 1. The lowest BCUT2D eigenvalue weighted by Crippen LogP contribution is -2.34. The van der Waals surface area contributed by atoms with Crippen LogP contribution in [-0.4, -0.2) is 30.7 Å². The highest BCUT2D eigenvalue weighted by Crippen LogP contribution is 2.32. The lowest BCUT2D eigenvalue weighted by molar-refractivity contribution is -0.126. The second kappa shape index (κ2) is 9.50. The summed E-state index contributed by atoms with van der Waals surface area (Å²) in [4.78, 5) is 14.0. The Hall–Kier alpha value is -1.97. The van der Waals surface area contributed by atoms with E-state index in [1.165, 1.54) is 31.2 Å². The molecule has 3 rings (SSSR count). The molecular weight excluding hydrogens is 314 g/mol. The van der Waals surface area contributed by atoms with Crippen molar-refractivity contribution >= 4 is 5.91 Å². The first kappa shape index (κ1) is 17.8. The van der Waals surface area contributed by atoms with E-state index in [2.05, 4.69) is 18.2 Å². The molecule has 2 aliphatic rings. The van der Waals surface area contributed by atoms with Crippen molar-refractivity contribution in [1.82, 2.24) is 4.90 Å². The largest absolute Gasteiger partial charge is 0.454 e. The summed E-state index contributed by atoms with van der Waals surface area (Å²) in [5.41, 5.74) is 1.32. The minimum atomic E-state index is 0.197. The number of benzene rings is 1. The minimum Gasteiger partial charge on any atom is -0.454 e. The molecule has 0 radical (unpaired) electrons. The van der Waals surface area contributed by atoms with E-state index in [0.717, 1.165) is 56.7 Å². The molecule has 2 heterocycles. The van der Waals surface area contributed by atoms with Crippen LogP contribution < -0.4 is 9.47 Å². The predicted octanol–water partition coefficient (Wildman–Crippen LogP) is 4.48. The molecule has 0 N–H and O–H groups in total. The fraction of sp³-hybridized carbons (Fsp3) is 0.571. The van der Waals surface area contributed by atoms with Gasteiger partial charge in [-0.15, -0.1) is 0 Å². The van der Waals surface area contributed by atoms with E-state index < -0.39 is 0 Å². The molecule has 1 fully saturated rings. The molecule has 0 atom stereocenters. The summed E-state index contributed by atoms with van der Waals surface area (Å²) in [5.74, 6) is 1.93. The molecule has 0 bridgehead atoms. The fourth-order valence-corrected chi connectivity index (χ4v) is 3.45. The SMILES string of the molecule is O=C(/C=C/CCCCCCc1ccc2c(c1)OCO2)N1CCCCC1. The smallest absolute Gasteiger partial charge is 0.246 e. The Morgan fingerprint density at radius 3 is 2.68 bits per heavy atom. The number of hydrogen-bond donors (Lipinski definition) is 0. The number of unbranched alkanes of at least 4 members (excludes halogenated alkanes) is 4. The molecule has 0 aromatic heterocycles. The number of carbonyl (C=O) groups is 1. The van der Waals surface area contributed by atoms with E-state index in [1.807, 2.05) is 11.0 Å². The fourth-order valence-electron chi connectivity index (χ4n) is 3.45. The maximum Gasteiger partial charge on any atom is 0.246 e. The van der Waals surface area contributed by atoms with Crippen LogP contribution >= 0.6 is 0 Å². The summed E-state index contributed by atoms with van der Waals surface area (Å²) in [6.45, 7) is 2.21. The molecule has 4 nitrogen and oxygen atoms in total. The van der Waals surface area contributed by atoms with Crippen molar-refractivity contribution in [3.63, 3.8) is 0 Å². The first-order chi connectivity index (χ1) is 12.3. The number of amides is 1. The minimum absolute atomic E-state index is 0.197. The summed E-state index contributed by atoms with van der Waals surface area (Å²) in [7, 11) is 0. The van der Waals surface area contributed by atoms with Gasteiger partial charge >= 0.3 is 0 Å². The molecule has 0 saturated carbocycles. The van der Waals surface area contributed by atoms with Gasteiger partial charge in [-0.3, -0.25) is 4.79 Å². The van der Waals surface area contributed by atoms with Crippen molar-refractivity contribution in [1.29, 1.82) is 0 Å². The average Bonchev–Trinajstić information content (AvgIpc) is 3.12. The number of piperidine rings is 1. The van der Waals surface area contributed by atoms with E-state index >= 15 is 0 Å². The predicted molar refractivity (Wildman–Crippen MR) is 98.9 cm³/mol. The molecule has 0 unspecified atom stereocenters. The van der Waals surface area contributed by atoms with Gasteiger partial charge in [0, 0.05) is 13.1 Å². The van der Waals surface area contributed by atoms with Crippen LogP contribution in [0.4, 0.5) is 0 Å². The van der Waals surface area contributed by atoms with Gasteiger partial charge in [-0.2, -0.15) is 0 Å². The maximum absolute atomic E-state index is 12.0. The van der Waals surface area contributed by atoms with Crippen molar-refractivity contribution in [3.05, 3.63) is 35.9 Å². The van der Waals surface area contributed by atoms with E-state index in [9.17, 15) is 4.79 Å². The zero-order chi connectivity index (χ0) is 17.3. The molecule has 1 aromatic rings.